The lowest BCUT2D eigenvalue weighted by Crippen LogP contribution is -2.21. The molecule has 2 rings (SSSR count). The number of methoxy groups -OCH3 is 2. The monoisotopic (exact) mass is 344 g/mol. The minimum atomic E-state index is 0.0740. The lowest BCUT2D eigenvalue weighted by Gasteiger charge is -2.24. The second-order valence-electron chi connectivity index (χ2n) is 5.15. The number of nitrogens with zero attached hydrogens (tertiary/aromatic N) is 1. The smallest absolute Gasteiger partial charge is 0.169 e. The maximum absolute atomic E-state index is 10.4. The first-order valence-corrected chi connectivity index (χ1v) is 7.36. The van der Waals surface area contributed by atoms with E-state index in [0.29, 0.717) is 28.4 Å². The normalized spacial score (nSPS) is 23.1. The Morgan fingerprint density at radius 3 is 2.65 bits per heavy atom. The van der Waals surface area contributed by atoms with Crippen LogP contribution in [0.15, 0.2) is 10.5 Å². The molecule has 0 radical (unpaired) electrons. The number of phenolic OH excluding ortho intramolecular Hbond substituents is 1. The second-order valence-corrected chi connectivity index (χ2v) is 6.00. The Bertz CT molecular complexity index is 496. The lowest BCUT2D eigenvalue weighted by molar-refractivity contribution is 0.286. The van der Waals surface area contributed by atoms with Gasteiger partial charge in [0.25, 0.3) is 0 Å². The summed E-state index contributed by atoms with van der Waals surface area (Å²) in [4.78, 5) is 2.20. The van der Waals surface area contributed by atoms with E-state index in [1.807, 2.05) is 7.05 Å². The van der Waals surface area contributed by atoms with Gasteiger partial charge in [0.05, 0.1) is 24.3 Å². The molecule has 1 heterocycles. The second kappa shape index (κ2) is 6.20. The number of hydrogen-bond donors (Lipinski definition) is 2. The van der Waals surface area contributed by atoms with Gasteiger partial charge in [0.2, 0.25) is 0 Å². The molecule has 6 heteroatoms. The molecule has 0 bridgehead atoms. The van der Waals surface area contributed by atoms with Crippen molar-refractivity contribution in [1.29, 1.82) is 0 Å². The zero-order valence-electron chi connectivity index (χ0n) is 12.0. The van der Waals surface area contributed by atoms with Gasteiger partial charge in [0.15, 0.2) is 11.5 Å². The molecule has 0 aliphatic carbocycles. The Kier molecular flexibility index (Phi) is 4.78. The molecular formula is C14H21BrN2O3. The molecule has 112 valence electrons. The molecule has 3 N–H and O–H groups in total. The van der Waals surface area contributed by atoms with Gasteiger partial charge >= 0.3 is 0 Å². The van der Waals surface area contributed by atoms with Crippen LogP contribution in [0, 0.1) is 5.92 Å². The van der Waals surface area contributed by atoms with Gasteiger partial charge in [-0.05, 0) is 41.9 Å². The molecule has 0 spiro atoms. The summed E-state index contributed by atoms with van der Waals surface area (Å²) in [6.07, 6.45) is 0.899. The largest absolute Gasteiger partial charge is 0.506 e. The highest BCUT2D eigenvalue weighted by Crippen LogP contribution is 2.49. The molecule has 1 saturated heterocycles. The van der Waals surface area contributed by atoms with Crippen molar-refractivity contribution in [3.05, 3.63) is 16.1 Å². The van der Waals surface area contributed by atoms with Crippen molar-refractivity contribution in [3.8, 4) is 17.2 Å². The molecule has 1 aliphatic heterocycles. The third-order valence-corrected chi connectivity index (χ3v) is 4.54. The highest BCUT2D eigenvalue weighted by molar-refractivity contribution is 9.10. The molecule has 1 fully saturated rings. The highest BCUT2D eigenvalue weighted by atomic mass is 79.9. The van der Waals surface area contributed by atoms with E-state index in [1.54, 1.807) is 20.3 Å². The summed E-state index contributed by atoms with van der Waals surface area (Å²) in [5.41, 5.74) is 6.54. The van der Waals surface area contributed by atoms with Gasteiger partial charge in [-0.3, -0.25) is 4.90 Å². The van der Waals surface area contributed by atoms with Crippen LogP contribution in [0.5, 0.6) is 17.2 Å². The molecule has 0 aromatic heterocycles. The van der Waals surface area contributed by atoms with E-state index < -0.39 is 0 Å². The van der Waals surface area contributed by atoms with Crippen LogP contribution in [0.25, 0.3) is 0 Å². The molecule has 2 atom stereocenters. The molecule has 5 nitrogen and oxygen atoms in total. The number of rotatable bonds is 4. The van der Waals surface area contributed by atoms with Gasteiger partial charge in [-0.25, -0.2) is 0 Å². The minimum absolute atomic E-state index is 0.0740. The van der Waals surface area contributed by atoms with Gasteiger partial charge in [-0.15, -0.1) is 0 Å². The van der Waals surface area contributed by atoms with Gasteiger partial charge in [-0.1, -0.05) is 0 Å². The summed E-state index contributed by atoms with van der Waals surface area (Å²) in [5.74, 6) is 1.83. The van der Waals surface area contributed by atoms with Crippen LogP contribution in [-0.2, 0) is 0 Å². The van der Waals surface area contributed by atoms with Crippen LogP contribution in [-0.4, -0.2) is 44.4 Å². The van der Waals surface area contributed by atoms with Crippen LogP contribution < -0.4 is 15.2 Å². The van der Waals surface area contributed by atoms with E-state index in [4.69, 9.17) is 15.2 Å². The summed E-state index contributed by atoms with van der Waals surface area (Å²) in [5, 5.41) is 10.4. The van der Waals surface area contributed by atoms with Crippen molar-refractivity contribution in [3.63, 3.8) is 0 Å². The fourth-order valence-electron chi connectivity index (χ4n) is 2.90. The van der Waals surface area contributed by atoms with Crippen LogP contribution >= 0.6 is 15.9 Å². The molecule has 20 heavy (non-hydrogen) atoms. The fourth-order valence-corrected chi connectivity index (χ4v) is 3.32. The summed E-state index contributed by atoms with van der Waals surface area (Å²) in [6.45, 7) is 1.56. The predicted octanol–water partition coefficient (Wildman–Crippen LogP) is 2.12. The fraction of sp³-hybridized carbons (Fsp3) is 0.571. The minimum Gasteiger partial charge on any atom is -0.506 e. The number of hydrogen-bond acceptors (Lipinski definition) is 5. The molecule has 1 aliphatic rings. The first-order chi connectivity index (χ1) is 9.53. The number of phenols is 1. The number of ether oxygens (including phenoxy) is 2. The third-order valence-electron chi connectivity index (χ3n) is 3.93. The number of nitrogens with two attached hydrogens (primary N) is 1. The van der Waals surface area contributed by atoms with Crippen molar-refractivity contribution in [2.24, 2.45) is 11.7 Å². The first kappa shape index (κ1) is 15.4. The molecule has 0 amide bonds. The van der Waals surface area contributed by atoms with Crippen molar-refractivity contribution in [1.82, 2.24) is 4.90 Å². The van der Waals surface area contributed by atoms with Gasteiger partial charge in [0, 0.05) is 18.7 Å². The van der Waals surface area contributed by atoms with Crippen LogP contribution in [0.2, 0.25) is 0 Å². The summed E-state index contributed by atoms with van der Waals surface area (Å²) in [7, 11) is 5.21. The zero-order valence-corrected chi connectivity index (χ0v) is 13.6. The Morgan fingerprint density at radius 1 is 1.45 bits per heavy atom. The van der Waals surface area contributed by atoms with E-state index in [-0.39, 0.29) is 11.8 Å². The van der Waals surface area contributed by atoms with Crippen molar-refractivity contribution in [2.45, 2.75) is 12.5 Å². The zero-order chi connectivity index (χ0) is 14.9. The van der Waals surface area contributed by atoms with Crippen molar-refractivity contribution in [2.75, 3.05) is 34.4 Å². The Labute approximate surface area is 127 Å². The number of aromatic hydroxyl groups is 1. The van der Waals surface area contributed by atoms with E-state index in [0.717, 1.165) is 18.5 Å². The van der Waals surface area contributed by atoms with E-state index in [2.05, 4.69) is 20.8 Å². The number of benzene rings is 1. The average Bonchev–Trinajstić information content (AvgIpc) is 2.82. The molecular weight excluding hydrogens is 324 g/mol. The average molecular weight is 345 g/mol. The summed E-state index contributed by atoms with van der Waals surface area (Å²) < 4.78 is 11.4. The molecule has 1 aromatic rings. The Balaban J connectivity index is 2.52. The summed E-state index contributed by atoms with van der Waals surface area (Å²) in [6, 6.07) is 1.79. The van der Waals surface area contributed by atoms with E-state index >= 15 is 0 Å². The van der Waals surface area contributed by atoms with Gasteiger partial charge in [0.1, 0.15) is 5.75 Å². The number of likely N-dealkylation sites (tertiary alicyclic amines) is 1. The van der Waals surface area contributed by atoms with E-state index in [9.17, 15) is 5.11 Å². The first-order valence-electron chi connectivity index (χ1n) is 6.57. The molecule has 1 aromatic carbocycles. The third kappa shape index (κ3) is 2.60. The van der Waals surface area contributed by atoms with E-state index in [1.165, 1.54) is 0 Å². The van der Waals surface area contributed by atoms with Gasteiger partial charge in [-0.2, -0.15) is 0 Å². The summed E-state index contributed by atoms with van der Waals surface area (Å²) >= 11 is 3.37. The van der Waals surface area contributed by atoms with Crippen LogP contribution in [0.3, 0.4) is 0 Å². The Hall–Kier alpha value is -0.980. The standard InChI is InChI=1S/C14H21BrN2O3/c1-17-7-8(6-16)4-10(17)12-13(18)9(15)5-11(19-2)14(12)20-3/h5,8,10,18H,4,6-7,16H2,1-3H3. The number of halogens is 1. The molecule has 2 unspecified atom stereocenters. The quantitative estimate of drug-likeness (QED) is 0.875. The van der Waals surface area contributed by atoms with Gasteiger partial charge < -0.3 is 20.3 Å². The predicted molar refractivity (Wildman–Crippen MR) is 81.4 cm³/mol. The van der Waals surface area contributed by atoms with Crippen LogP contribution in [0.1, 0.15) is 18.0 Å². The maximum atomic E-state index is 10.4. The van der Waals surface area contributed by atoms with Crippen molar-refractivity contribution >= 4 is 15.9 Å². The SMILES string of the molecule is COc1cc(Br)c(O)c(C2CC(CN)CN2C)c1OC. The molecule has 0 saturated carbocycles. The lowest BCUT2D eigenvalue weighted by atomic mass is 9.98. The van der Waals surface area contributed by atoms with Crippen LogP contribution in [0.4, 0.5) is 0 Å². The van der Waals surface area contributed by atoms with Crippen molar-refractivity contribution < 1.29 is 14.6 Å². The topological polar surface area (TPSA) is 68.0 Å². The highest BCUT2D eigenvalue weighted by Gasteiger charge is 2.35. The Morgan fingerprint density at radius 2 is 2.15 bits per heavy atom. The maximum Gasteiger partial charge on any atom is 0.169 e.